The third-order valence-electron chi connectivity index (χ3n) is 6.99. The van der Waals surface area contributed by atoms with Crippen molar-refractivity contribution in [2.45, 2.75) is 50.7 Å². The highest BCUT2D eigenvalue weighted by Crippen LogP contribution is 2.33. The summed E-state index contributed by atoms with van der Waals surface area (Å²) in [6, 6.07) is 9.25. The van der Waals surface area contributed by atoms with Gasteiger partial charge in [0.05, 0.1) is 22.4 Å². The van der Waals surface area contributed by atoms with E-state index in [1.54, 1.807) is 29.7 Å². The highest BCUT2D eigenvalue weighted by Gasteiger charge is 2.24. The normalized spacial score (nSPS) is 21.7. The van der Waals surface area contributed by atoms with Gasteiger partial charge in [0.2, 0.25) is 0 Å². The number of nitrogens with one attached hydrogen (secondary N) is 2. The Morgan fingerprint density at radius 2 is 1.94 bits per heavy atom. The Hall–Kier alpha value is -2.75. The molecule has 0 spiro atoms. The molecule has 0 unspecified atom stereocenters. The summed E-state index contributed by atoms with van der Waals surface area (Å²) >= 11 is 1.55. The minimum absolute atomic E-state index is 0.0564. The molecule has 2 aromatic heterocycles. The molecule has 2 fully saturated rings. The van der Waals surface area contributed by atoms with Crippen LogP contribution in [0.15, 0.2) is 36.5 Å². The number of thiazole rings is 1. The van der Waals surface area contributed by atoms with E-state index in [2.05, 4.69) is 32.5 Å². The highest BCUT2D eigenvalue weighted by atomic mass is 32.1. The summed E-state index contributed by atoms with van der Waals surface area (Å²) < 4.78 is 7.05. The molecule has 8 nitrogen and oxygen atoms in total. The van der Waals surface area contributed by atoms with E-state index in [-0.39, 0.29) is 18.1 Å². The number of hydrogen-bond donors (Lipinski definition) is 3. The average molecular weight is 496 g/mol. The Bertz CT molecular complexity index is 1160. The molecular formula is C26H33N5O3S. The van der Waals surface area contributed by atoms with Crippen molar-refractivity contribution >= 4 is 32.6 Å². The quantitative estimate of drug-likeness (QED) is 0.450. The van der Waals surface area contributed by atoms with Gasteiger partial charge < -0.3 is 25.4 Å². The summed E-state index contributed by atoms with van der Waals surface area (Å²) in [4.78, 5) is 23.9. The van der Waals surface area contributed by atoms with Crippen molar-refractivity contribution in [1.82, 2.24) is 20.2 Å². The van der Waals surface area contributed by atoms with E-state index in [1.807, 2.05) is 18.2 Å². The number of aliphatic hydroxyl groups is 1. The number of fused-ring (bicyclic) bond motifs is 1. The Kier molecular flexibility index (Phi) is 7.46. The monoisotopic (exact) mass is 495 g/mol. The summed E-state index contributed by atoms with van der Waals surface area (Å²) in [5.41, 5.74) is 1.24. The van der Waals surface area contributed by atoms with Gasteiger partial charge in [0.25, 0.3) is 5.91 Å². The van der Waals surface area contributed by atoms with Crippen molar-refractivity contribution in [1.29, 1.82) is 0 Å². The smallest absolute Gasteiger partial charge is 0.270 e. The molecule has 3 aromatic rings. The van der Waals surface area contributed by atoms with Crippen molar-refractivity contribution in [3.8, 4) is 11.5 Å². The zero-order valence-corrected chi connectivity index (χ0v) is 20.9. The summed E-state index contributed by atoms with van der Waals surface area (Å²) in [6.07, 6.45) is 7.49. The first-order chi connectivity index (χ1) is 17.0. The van der Waals surface area contributed by atoms with Crippen LogP contribution in [0.2, 0.25) is 0 Å². The number of piperidine rings is 1. The molecule has 0 bridgehead atoms. The van der Waals surface area contributed by atoms with Gasteiger partial charge >= 0.3 is 0 Å². The molecule has 9 heteroatoms. The van der Waals surface area contributed by atoms with E-state index >= 15 is 0 Å². The van der Waals surface area contributed by atoms with Gasteiger partial charge in [-0.05, 0) is 69.9 Å². The second kappa shape index (κ2) is 10.9. The molecule has 3 heterocycles. The lowest BCUT2D eigenvalue weighted by atomic mass is 9.93. The van der Waals surface area contributed by atoms with Crippen LogP contribution >= 0.6 is 11.3 Å². The first kappa shape index (κ1) is 24.0. The van der Waals surface area contributed by atoms with Crippen LogP contribution in [0, 0.1) is 5.92 Å². The molecule has 1 aromatic carbocycles. The number of likely N-dealkylation sites (tertiary alicyclic amines) is 1. The number of rotatable bonds is 7. The fraction of sp³-hybridized carbons (Fsp3) is 0.500. The number of hydrogen-bond acceptors (Lipinski definition) is 8. The fourth-order valence-electron chi connectivity index (χ4n) is 4.80. The van der Waals surface area contributed by atoms with Crippen LogP contribution in [0.1, 0.15) is 49.0 Å². The van der Waals surface area contributed by atoms with E-state index in [0.717, 1.165) is 67.0 Å². The van der Waals surface area contributed by atoms with Crippen molar-refractivity contribution in [3.05, 3.63) is 42.2 Å². The average Bonchev–Trinajstić information content (AvgIpc) is 3.27. The number of ether oxygens (including phenoxy) is 1. The summed E-state index contributed by atoms with van der Waals surface area (Å²) in [7, 11) is 2.13. The number of amides is 1. The number of carbonyl (C=O) groups is 1. The molecule has 1 saturated heterocycles. The fourth-order valence-corrected chi connectivity index (χ4v) is 5.75. The van der Waals surface area contributed by atoms with Gasteiger partial charge in [-0.3, -0.25) is 9.78 Å². The van der Waals surface area contributed by atoms with Crippen molar-refractivity contribution in [2.75, 3.05) is 32.0 Å². The second-order valence-electron chi connectivity index (χ2n) is 9.69. The predicted octanol–water partition coefficient (Wildman–Crippen LogP) is 4.27. The lowest BCUT2D eigenvalue weighted by Crippen LogP contribution is -2.37. The van der Waals surface area contributed by atoms with Crippen molar-refractivity contribution in [2.24, 2.45) is 5.92 Å². The van der Waals surface area contributed by atoms with E-state index in [9.17, 15) is 9.90 Å². The van der Waals surface area contributed by atoms with Crippen LogP contribution in [0.3, 0.4) is 0 Å². The lowest BCUT2D eigenvalue weighted by Gasteiger charge is -2.28. The van der Waals surface area contributed by atoms with Gasteiger partial charge in [-0.25, -0.2) is 4.98 Å². The molecule has 3 N–H and O–H groups in total. The molecule has 35 heavy (non-hydrogen) atoms. The summed E-state index contributed by atoms with van der Waals surface area (Å²) in [5, 5.41) is 17.5. The summed E-state index contributed by atoms with van der Waals surface area (Å²) in [6.45, 7) is 2.83. The molecule has 2 aliphatic rings. The zero-order valence-electron chi connectivity index (χ0n) is 20.1. The van der Waals surface area contributed by atoms with Gasteiger partial charge in [0.15, 0.2) is 5.13 Å². The number of nitrogens with zero attached hydrogens (tertiary/aromatic N) is 3. The number of carbonyl (C=O) groups excluding carboxylic acids is 1. The van der Waals surface area contributed by atoms with Gasteiger partial charge in [-0.2, -0.15) is 0 Å². The van der Waals surface area contributed by atoms with Gasteiger partial charge in [-0.1, -0.05) is 24.2 Å². The van der Waals surface area contributed by atoms with Gasteiger partial charge in [0.1, 0.15) is 17.2 Å². The first-order valence-corrected chi connectivity index (χ1v) is 13.3. The zero-order chi connectivity index (χ0) is 24.2. The number of aromatic nitrogens is 2. The Labute approximate surface area is 209 Å². The van der Waals surface area contributed by atoms with Crippen LogP contribution in [0.5, 0.6) is 11.5 Å². The third kappa shape index (κ3) is 6.09. The predicted molar refractivity (Wildman–Crippen MR) is 138 cm³/mol. The van der Waals surface area contributed by atoms with E-state index in [4.69, 9.17) is 4.74 Å². The number of aliphatic hydroxyl groups excluding tert-OH is 1. The maximum atomic E-state index is 12.6. The maximum Gasteiger partial charge on any atom is 0.270 e. The maximum absolute atomic E-state index is 12.6. The first-order valence-electron chi connectivity index (χ1n) is 12.5. The number of benzene rings is 1. The SMILES string of the molecule is CN1CCC(CNC(=O)c2cc(Oc3ccc4nc(N[C@@H]5CCCC[C@H]5O)sc4c3)ccn2)CC1. The van der Waals surface area contributed by atoms with Crippen molar-refractivity contribution < 1.29 is 14.6 Å². The molecule has 1 aliphatic heterocycles. The van der Waals surface area contributed by atoms with Crippen LogP contribution < -0.4 is 15.4 Å². The Morgan fingerprint density at radius 1 is 1.14 bits per heavy atom. The van der Waals surface area contributed by atoms with Crippen LogP contribution in [0.25, 0.3) is 10.2 Å². The molecule has 1 amide bonds. The molecule has 5 rings (SSSR count). The van der Waals surface area contributed by atoms with Gasteiger partial charge in [-0.15, -0.1) is 0 Å². The number of anilines is 1. The standard InChI is InChI=1S/C26H33N5O3S/c1-31-12-9-17(10-13-31)16-28-25(33)22-14-19(8-11-27-22)34-18-6-7-21-24(15-18)35-26(30-21)29-20-4-2-3-5-23(20)32/h6-8,11,14-15,17,20,23,32H,2-5,9-10,12-13,16H2,1H3,(H,28,33)(H,29,30)/t20-,23-/m1/s1. The molecule has 2 atom stereocenters. The second-order valence-corrected chi connectivity index (χ2v) is 10.7. The lowest BCUT2D eigenvalue weighted by molar-refractivity contribution is 0.0933. The van der Waals surface area contributed by atoms with Crippen LogP contribution in [-0.2, 0) is 0 Å². The largest absolute Gasteiger partial charge is 0.457 e. The number of pyridine rings is 1. The topological polar surface area (TPSA) is 99.6 Å². The van der Waals surface area contributed by atoms with Crippen LogP contribution in [0.4, 0.5) is 5.13 Å². The van der Waals surface area contributed by atoms with Gasteiger partial charge in [0, 0.05) is 24.9 Å². The minimum Gasteiger partial charge on any atom is -0.457 e. The molecule has 1 saturated carbocycles. The van der Waals surface area contributed by atoms with Crippen LogP contribution in [-0.4, -0.2) is 64.7 Å². The minimum atomic E-state index is -0.322. The Morgan fingerprint density at radius 3 is 2.77 bits per heavy atom. The molecular weight excluding hydrogens is 462 g/mol. The summed E-state index contributed by atoms with van der Waals surface area (Å²) in [5.74, 6) is 1.58. The molecule has 0 radical (unpaired) electrons. The van der Waals surface area contributed by atoms with E-state index < -0.39 is 0 Å². The van der Waals surface area contributed by atoms with Crippen molar-refractivity contribution in [3.63, 3.8) is 0 Å². The van der Waals surface area contributed by atoms with E-state index in [1.165, 1.54) is 0 Å². The molecule has 1 aliphatic carbocycles. The Balaban J connectivity index is 1.21. The molecule has 186 valence electrons. The highest BCUT2D eigenvalue weighted by molar-refractivity contribution is 7.22. The third-order valence-corrected chi connectivity index (χ3v) is 7.94. The van der Waals surface area contributed by atoms with E-state index in [0.29, 0.717) is 29.7 Å².